The number of nitrogens with zero attached hydrogens (tertiary/aromatic N) is 2. The van der Waals surface area contributed by atoms with Gasteiger partial charge in [-0.1, -0.05) is 19.9 Å². The molecule has 0 spiro atoms. The third kappa shape index (κ3) is 4.76. The Kier molecular flexibility index (Phi) is 6.25. The summed E-state index contributed by atoms with van der Waals surface area (Å²) in [6.45, 7) is 8.17. The second kappa shape index (κ2) is 7.48. The van der Waals surface area contributed by atoms with E-state index in [1.165, 1.54) is 12.1 Å². The van der Waals surface area contributed by atoms with Crippen molar-refractivity contribution in [2.45, 2.75) is 25.7 Å². The molecule has 1 aromatic carbocycles. The zero-order valence-electron chi connectivity index (χ0n) is 12.5. The number of aryl methyl sites for hydroxylation is 1. The highest BCUT2D eigenvalue weighted by atomic mass is 32.2. The van der Waals surface area contributed by atoms with E-state index in [2.05, 4.69) is 9.62 Å². The second-order valence-electron chi connectivity index (χ2n) is 4.63. The van der Waals surface area contributed by atoms with Gasteiger partial charge in [0.25, 0.3) is 5.69 Å². The van der Waals surface area contributed by atoms with Gasteiger partial charge in [-0.15, -0.1) is 0 Å². The van der Waals surface area contributed by atoms with Crippen LogP contribution >= 0.6 is 0 Å². The summed E-state index contributed by atoms with van der Waals surface area (Å²) in [4.78, 5) is 12.2. The van der Waals surface area contributed by atoms with Crippen LogP contribution in [0.1, 0.15) is 19.4 Å². The summed E-state index contributed by atoms with van der Waals surface area (Å²) in [5.74, 6) is 0. The molecule has 21 heavy (non-hydrogen) atoms. The SMILES string of the molecule is CCN(CC)CCNS(=O)(=O)c1cc([N+](=O)[O-])ccc1C. The third-order valence-electron chi connectivity index (χ3n) is 3.29. The Morgan fingerprint density at radius 1 is 1.29 bits per heavy atom. The number of benzene rings is 1. The average molecular weight is 315 g/mol. The molecule has 0 aliphatic rings. The lowest BCUT2D eigenvalue weighted by atomic mass is 10.2. The highest BCUT2D eigenvalue weighted by Crippen LogP contribution is 2.21. The predicted octanol–water partition coefficient (Wildman–Crippen LogP) is 1.52. The van der Waals surface area contributed by atoms with Gasteiger partial charge in [-0.2, -0.15) is 0 Å². The Bertz CT molecular complexity index is 597. The Balaban J connectivity index is 2.87. The first-order valence-electron chi connectivity index (χ1n) is 6.78. The van der Waals surface area contributed by atoms with E-state index in [-0.39, 0.29) is 17.1 Å². The monoisotopic (exact) mass is 315 g/mol. The minimum absolute atomic E-state index is 0.0451. The maximum absolute atomic E-state index is 12.2. The normalized spacial score (nSPS) is 11.8. The molecule has 1 N–H and O–H groups in total. The zero-order valence-corrected chi connectivity index (χ0v) is 13.3. The number of hydrogen-bond donors (Lipinski definition) is 1. The van der Waals surface area contributed by atoms with Gasteiger partial charge in [-0.25, -0.2) is 13.1 Å². The Labute approximate surface area is 125 Å². The summed E-state index contributed by atoms with van der Waals surface area (Å²) in [5, 5.41) is 10.8. The Morgan fingerprint density at radius 3 is 2.43 bits per heavy atom. The summed E-state index contributed by atoms with van der Waals surface area (Å²) >= 11 is 0. The van der Waals surface area contributed by atoms with Gasteiger partial charge in [-0.3, -0.25) is 10.1 Å². The van der Waals surface area contributed by atoms with Crippen LogP contribution in [0.15, 0.2) is 23.1 Å². The fourth-order valence-electron chi connectivity index (χ4n) is 1.95. The number of hydrogen-bond acceptors (Lipinski definition) is 5. The molecule has 118 valence electrons. The van der Waals surface area contributed by atoms with E-state index in [1.54, 1.807) is 6.92 Å². The van der Waals surface area contributed by atoms with Crippen molar-refractivity contribution >= 4 is 15.7 Å². The molecule has 0 saturated carbocycles. The molecule has 0 saturated heterocycles. The van der Waals surface area contributed by atoms with Crippen LogP contribution in [-0.4, -0.2) is 44.4 Å². The average Bonchev–Trinajstić information content (AvgIpc) is 2.43. The zero-order chi connectivity index (χ0) is 16.0. The molecule has 1 rings (SSSR count). The van der Waals surface area contributed by atoms with Gasteiger partial charge in [0.05, 0.1) is 9.82 Å². The molecule has 0 heterocycles. The van der Waals surface area contributed by atoms with Crippen LogP contribution in [0, 0.1) is 17.0 Å². The molecule has 0 unspecified atom stereocenters. The van der Waals surface area contributed by atoms with Gasteiger partial charge in [0.1, 0.15) is 0 Å². The number of non-ortho nitro benzene ring substituents is 1. The Morgan fingerprint density at radius 2 is 1.90 bits per heavy atom. The van der Waals surface area contributed by atoms with E-state index in [4.69, 9.17) is 0 Å². The molecule has 0 aliphatic heterocycles. The summed E-state index contributed by atoms with van der Waals surface area (Å²) in [5.41, 5.74) is 0.251. The number of rotatable bonds is 8. The van der Waals surface area contributed by atoms with Crippen molar-refractivity contribution < 1.29 is 13.3 Å². The number of nitrogens with one attached hydrogen (secondary N) is 1. The van der Waals surface area contributed by atoms with Crippen molar-refractivity contribution in [1.29, 1.82) is 0 Å². The minimum atomic E-state index is -3.74. The first kappa shape index (κ1) is 17.5. The van der Waals surface area contributed by atoms with Crippen molar-refractivity contribution in [3.63, 3.8) is 0 Å². The van der Waals surface area contributed by atoms with Crippen LogP contribution in [0.5, 0.6) is 0 Å². The van der Waals surface area contributed by atoms with Crippen LogP contribution in [0.4, 0.5) is 5.69 Å². The van der Waals surface area contributed by atoms with Gasteiger partial charge in [0.2, 0.25) is 10.0 Å². The van der Waals surface area contributed by atoms with Gasteiger partial charge in [0.15, 0.2) is 0 Å². The van der Waals surface area contributed by atoms with E-state index in [0.29, 0.717) is 12.1 Å². The second-order valence-corrected chi connectivity index (χ2v) is 6.37. The van der Waals surface area contributed by atoms with Gasteiger partial charge in [-0.05, 0) is 25.6 Å². The maximum atomic E-state index is 12.2. The highest BCUT2D eigenvalue weighted by molar-refractivity contribution is 7.89. The van der Waals surface area contributed by atoms with Gasteiger partial charge in [0, 0.05) is 25.2 Å². The molecule has 7 nitrogen and oxygen atoms in total. The topological polar surface area (TPSA) is 92.6 Å². The fourth-order valence-corrected chi connectivity index (χ4v) is 3.23. The van der Waals surface area contributed by atoms with Crippen molar-refractivity contribution in [1.82, 2.24) is 9.62 Å². The van der Waals surface area contributed by atoms with Crippen LogP contribution in [0.25, 0.3) is 0 Å². The van der Waals surface area contributed by atoms with E-state index in [1.807, 2.05) is 13.8 Å². The first-order valence-corrected chi connectivity index (χ1v) is 8.27. The first-order chi connectivity index (χ1) is 9.81. The molecule has 0 amide bonds. The smallest absolute Gasteiger partial charge is 0.270 e. The van der Waals surface area contributed by atoms with Crippen LogP contribution < -0.4 is 4.72 Å². The minimum Gasteiger partial charge on any atom is -0.303 e. The third-order valence-corrected chi connectivity index (χ3v) is 4.89. The molecular weight excluding hydrogens is 294 g/mol. The molecule has 0 radical (unpaired) electrons. The van der Waals surface area contributed by atoms with Crippen molar-refractivity contribution in [3.05, 3.63) is 33.9 Å². The highest BCUT2D eigenvalue weighted by Gasteiger charge is 2.20. The molecule has 1 aromatic rings. The van der Waals surface area contributed by atoms with E-state index in [0.717, 1.165) is 19.2 Å². The molecule has 0 aromatic heterocycles. The number of sulfonamides is 1. The van der Waals surface area contributed by atoms with Crippen LogP contribution in [0.3, 0.4) is 0 Å². The van der Waals surface area contributed by atoms with Crippen molar-refractivity contribution in [2.24, 2.45) is 0 Å². The van der Waals surface area contributed by atoms with Crippen LogP contribution in [-0.2, 0) is 10.0 Å². The largest absolute Gasteiger partial charge is 0.303 e. The van der Waals surface area contributed by atoms with E-state index >= 15 is 0 Å². The van der Waals surface area contributed by atoms with Gasteiger partial charge < -0.3 is 4.90 Å². The van der Waals surface area contributed by atoms with E-state index < -0.39 is 14.9 Å². The lowest BCUT2D eigenvalue weighted by Crippen LogP contribution is -2.35. The molecular formula is C13H21N3O4S. The van der Waals surface area contributed by atoms with Gasteiger partial charge >= 0.3 is 0 Å². The number of nitro benzene ring substituents is 1. The standard InChI is InChI=1S/C13H21N3O4S/c1-4-15(5-2)9-8-14-21(19,20)13-10-12(16(17)18)7-6-11(13)3/h6-7,10,14H,4-5,8-9H2,1-3H3. The van der Waals surface area contributed by atoms with Crippen molar-refractivity contribution in [3.8, 4) is 0 Å². The molecule has 8 heteroatoms. The maximum Gasteiger partial charge on any atom is 0.270 e. The lowest BCUT2D eigenvalue weighted by Gasteiger charge is -2.18. The quantitative estimate of drug-likeness (QED) is 0.580. The fraction of sp³-hybridized carbons (Fsp3) is 0.538. The summed E-state index contributed by atoms with van der Waals surface area (Å²) in [7, 11) is -3.74. The number of nitro groups is 1. The summed E-state index contributed by atoms with van der Waals surface area (Å²) in [6.07, 6.45) is 0. The van der Waals surface area contributed by atoms with Crippen LogP contribution in [0.2, 0.25) is 0 Å². The summed E-state index contributed by atoms with van der Waals surface area (Å²) < 4.78 is 27.0. The number of likely N-dealkylation sites (N-methyl/N-ethyl adjacent to an activating group) is 1. The molecule has 0 bridgehead atoms. The lowest BCUT2D eigenvalue weighted by molar-refractivity contribution is -0.385. The van der Waals surface area contributed by atoms with E-state index in [9.17, 15) is 18.5 Å². The molecule has 0 fully saturated rings. The molecule has 0 atom stereocenters. The van der Waals surface area contributed by atoms with Crippen molar-refractivity contribution in [2.75, 3.05) is 26.2 Å². The predicted molar refractivity (Wildman–Crippen MR) is 80.8 cm³/mol. The molecule has 0 aliphatic carbocycles. The Hall–Kier alpha value is -1.51. The summed E-state index contributed by atoms with van der Waals surface area (Å²) in [6, 6.07) is 3.83.